The fourth-order valence-corrected chi connectivity index (χ4v) is 2.99. The molecular weight excluding hydrogens is 388 g/mol. The summed E-state index contributed by atoms with van der Waals surface area (Å²) in [5.74, 6) is 0.0229. The molecule has 12 nitrogen and oxygen atoms in total. The molecule has 1 aliphatic rings. The summed E-state index contributed by atoms with van der Waals surface area (Å²) in [6.07, 6.45) is -3.89. The van der Waals surface area contributed by atoms with Gasteiger partial charge in [0.15, 0.2) is 16.8 Å². The van der Waals surface area contributed by atoms with Crippen molar-refractivity contribution in [2.45, 2.75) is 24.5 Å². The van der Waals surface area contributed by atoms with E-state index >= 15 is 0 Å². The number of phosphoric ester groups is 1. The van der Waals surface area contributed by atoms with Crippen LogP contribution in [0.2, 0.25) is 0 Å². The molecular formula is C10H13N5NaO7PS. The minimum absolute atomic E-state index is 0. The van der Waals surface area contributed by atoms with Gasteiger partial charge in [-0.25, -0.2) is 9.97 Å². The van der Waals surface area contributed by atoms with E-state index in [-0.39, 0.29) is 40.1 Å². The van der Waals surface area contributed by atoms with E-state index < -0.39 is 39.0 Å². The van der Waals surface area contributed by atoms with Gasteiger partial charge in [0.25, 0.3) is 7.82 Å². The predicted octanol–water partition coefficient (Wildman–Crippen LogP) is -4.83. The number of imidazole rings is 1. The molecule has 1 aliphatic heterocycles. The smallest absolute Gasteiger partial charge is 0.756 e. The molecule has 0 aliphatic carbocycles. The van der Waals surface area contributed by atoms with Gasteiger partial charge in [0.05, 0.1) is 12.9 Å². The van der Waals surface area contributed by atoms with Crippen LogP contribution < -0.4 is 40.2 Å². The van der Waals surface area contributed by atoms with E-state index in [1.54, 1.807) is 0 Å². The Morgan fingerprint density at radius 2 is 2.20 bits per heavy atom. The Labute approximate surface area is 167 Å². The molecule has 0 amide bonds. The van der Waals surface area contributed by atoms with Crippen LogP contribution in [0.3, 0.4) is 0 Å². The van der Waals surface area contributed by atoms with Crippen molar-refractivity contribution in [2.75, 3.05) is 12.3 Å². The third kappa shape index (κ3) is 4.28. The van der Waals surface area contributed by atoms with Crippen LogP contribution in [0.4, 0.5) is 5.95 Å². The summed E-state index contributed by atoms with van der Waals surface area (Å²) in [5, 5.41) is 20.1. The fraction of sp³-hybridized carbons (Fsp3) is 0.500. The van der Waals surface area contributed by atoms with E-state index in [1.165, 1.54) is 10.9 Å². The topological polar surface area (TPSA) is 192 Å². The van der Waals surface area contributed by atoms with E-state index in [9.17, 15) is 19.7 Å². The number of nitrogens with zero attached hydrogens (tertiary/aromatic N) is 3. The first-order chi connectivity index (χ1) is 11.2. The van der Waals surface area contributed by atoms with Crippen molar-refractivity contribution in [3.05, 3.63) is 11.0 Å². The van der Waals surface area contributed by atoms with Gasteiger partial charge in [-0.05, 0) is 0 Å². The Hall–Kier alpha value is -0.440. The number of nitrogens with one attached hydrogen (secondary N) is 1. The standard InChI is InChI=1S/C10H14N5O7PS.Na/c11-10-13-7-4(8(24)14-10)12-2-15(7)9-6(17)5(16)3(22-9)1-21-23(18,19)20;/h2-3,5-6,9,16-17H,1H2,(H2,18,19,20)(H3,11,13,14,24);/q;+1/p-1/t3-,5-,6-,9-;/m1./s1. The molecule has 1 saturated heterocycles. The maximum atomic E-state index is 10.6. The number of fused-ring (bicyclic) bond motifs is 1. The van der Waals surface area contributed by atoms with Crippen molar-refractivity contribution in [3.63, 3.8) is 0 Å². The Morgan fingerprint density at radius 3 is 2.84 bits per heavy atom. The van der Waals surface area contributed by atoms with Crippen LogP contribution in [0.15, 0.2) is 6.33 Å². The first-order valence-corrected chi connectivity index (χ1v) is 8.50. The van der Waals surface area contributed by atoms with Gasteiger partial charge in [0.2, 0.25) is 0 Å². The Bertz CT molecular complexity index is 871. The van der Waals surface area contributed by atoms with E-state index in [2.05, 4.69) is 19.5 Å². The zero-order valence-corrected chi connectivity index (χ0v) is 16.6. The van der Waals surface area contributed by atoms with Crippen LogP contribution in [0.5, 0.6) is 0 Å². The molecule has 132 valence electrons. The molecule has 5 atom stereocenters. The number of H-pyrrole nitrogens is 1. The SMILES string of the molecule is Nc1nc(=S)c2ncn([C@@H]3O[C@H](COP(=O)([O-])O)[C@@H](O)[C@H]3O)c2[nH]1.[Na+]. The molecule has 25 heavy (non-hydrogen) atoms. The number of nitrogens with two attached hydrogens (primary N) is 1. The molecule has 6 N–H and O–H groups in total. The molecule has 0 spiro atoms. The minimum Gasteiger partial charge on any atom is -0.756 e. The molecule has 2 aromatic rings. The van der Waals surface area contributed by atoms with Crippen LogP contribution in [0.1, 0.15) is 6.23 Å². The summed E-state index contributed by atoms with van der Waals surface area (Å²) in [6, 6.07) is 0. The number of ether oxygens (including phenoxy) is 1. The van der Waals surface area contributed by atoms with Gasteiger partial charge in [-0.2, -0.15) is 0 Å². The molecule has 1 unspecified atom stereocenters. The normalized spacial score (nSPS) is 28.6. The van der Waals surface area contributed by atoms with E-state index in [0.717, 1.165) is 0 Å². The summed E-state index contributed by atoms with van der Waals surface area (Å²) >= 11 is 5.03. The fourth-order valence-electron chi connectivity index (χ4n) is 2.41. The molecule has 2 aromatic heterocycles. The van der Waals surface area contributed by atoms with Crippen LogP contribution in [0.25, 0.3) is 11.2 Å². The van der Waals surface area contributed by atoms with E-state index in [4.69, 9.17) is 27.6 Å². The average molecular weight is 401 g/mol. The number of aromatic amines is 1. The Morgan fingerprint density at radius 1 is 1.52 bits per heavy atom. The number of nitrogen functional groups attached to an aromatic ring is 1. The average Bonchev–Trinajstić information content (AvgIpc) is 3.00. The van der Waals surface area contributed by atoms with Crippen LogP contribution in [0, 0.1) is 4.64 Å². The maximum absolute atomic E-state index is 10.6. The molecule has 0 radical (unpaired) electrons. The van der Waals surface area contributed by atoms with Gasteiger partial charge in [0.1, 0.15) is 29.5 Å². The first kappa shape index (κ1) is 20.9. The van der Waals surface area contributed by atoms with E-state index in [0.29, 0.717) is 11.2 Å². The number of hydrogen-bond acceptors (Lipinski definition) is 10. The molecule has 3 heterocycles. The van der Waals surface area contributed by atoms with Gasteiger partial charge < -0.3 is 40.0 Å². The van der Waals surface area contributed by atoms with Crippen LogP contribution >= 0.6 is 20.0 Å². The monoisotopic (exact) mass is 401 g/mol. The predicted molar refractivity (Wildman–Crippen MR) is 78.8 cm³/mol. The zero-order chi connectivity index (χ0) is 17.6. The third-order valence-electron chi connectivity index (χ3n) is 3.48. The summed E-state index contributed by atoms with van der Waals surface area (Å²) < 4.78 is 21.8. The molecule has 3 rings (SSSR count). The largest absolute Gasteiger partial charge is 1.00 e. The van der Waals surface area contributed by atoms with Crippen molar-refractivity contribution < 1.29 is 63.4 Å². The van der Waals surface area contributed by atoms with Crippen LogP contribution in [-0.2, 0) is 13.8 Å². The van der Waals surface area contributed by atoms with Gasteiger partial charge >= 0.3 is 29.6 Å². The second kappa shape index (κ2) is 7.66. The van der Waals surface area contributed by atoms with Gasteiger partial charge in [0, 0.05) is 0 Å². The summed E-state index contributed by atoms with van der Waals surface area (Å²) in [7, 11) is -4.98. The number of rotatable bonds is 4. The quantitative estimate of drug-likeness (QED) is 0.187. The number of phosphoric acid groups is 1. The number of aromatic nitrogens is 4. The van der Waals surface area contributed by atoms with Crippen molar-refractivity contribution in [1.82, 2.24) is 19.5 Å². The Kier molecular flexibility index (Phi) is 6.40. The van der Waals surface area contributed by atoms with Gasteiger partial charge in [-0.3, -0.25) is 9.13 Å². The van der Waals surface area contributed by atoms with Crippen molar-refractivity contribution in [1.29, 1.82) is 0 Å². The first-order valence-electron chi connectivity index (χ1n) is 6.59. The number of aliphatic hydroxyl groups is 2. The van der Waals surface area contributed by atoms with Crippen molar-refractivity contribution >= 4 is 37.2 Å². The third-order valence-corrected chi connectivity index (χ3v) is 4.24. The van der Waals surface area contributed by atoms with Gasteiger partial charge in [-0.1, -0.05) is 12.2 Å². The zero-order valence-electron chi connectivity index (χ0n) is 12.8. The molecule has 15 heteroatoms. The number of aliphatic hydroxyl groups excluding tert-OH is 2. The second-order valence-electron chi connectivity index (χ2n) is 5.09. The molecule has 0 bridgehead atoms. The van der Waals surface area contributed by atoms with Gasteiger partial charge in [-0.15, -0.1) is 0 Å². The summed E-state index contributed by atoms with van der Waals surface area (Å²) in [6.45, 7) is -0.668. The summed E-state index contributed by atoms with van der Waals surface area (Å²) in [4.78, 5) is 29.9. The number of hydrogen-bond donors (Lipinski definition) is 5. The second-order valence-corrected chi connectivity index (χ2v) is 6.67. The molecule has 0 aromatic carbocycles. The number of anilines is 1. The maximum Gasteiger partial charge on any atom is 1.00 e. The van der Waals surface area contributed by atoms with Crippen molar-refractivity contribution in [2.24, 2.45) is 0 Å². The van der Waals surface area contributed by atoms with Crippen LogP contribution in [-0.4, -0.2) is 59.5 Å². The molecule has 0 saturated carbocycles. The van der Waals surface area contributed by atoms with Crippen molar-refractivity contribution in [3.8, 4) is 0 Å². The van der Waals surface area contributed by atoms with E-state index in [1.807, 2.05) is 0 Å². The Balaban J connectivity index is 0.00000225. The minimum atomic E-state index is -4.98. The molecule has 1 fully saturated rings. The summed E-state index contributed by atoms with van der Waals surface area (Å²) in [5.41, 5.74) is 6.21.